The van der Waals surface area contributed by atoms with E-state index in [1.165, 1.54) is 17.5 Å². The third kappa shape index (κ3) is 2.29. The number of nitrogens with zero attached hydrogens (tertiary/aromatic N) is 2. The molecule has 8 heteroatoms. The van der Waals surface area contributed by atoms with Crippen LogP contribution in [0.1, 0.15) is 11.4 Å². The van der Waals surface area contributed by atoms with Crippen LogP contribution in [0.5, 0.6) is 0 Å². The number of aromatic nitrogens is 3. The van der Waals surface area contributed by atoms with Gasteiger partial charge in [-0.1, -0.05) is 0 Å². The lowest BCUT2D eigenvalue weighted by Crippen LogP contribution is -2.23. The summed E-state index contributed by atoms with van der Waals surface area (Å²) >= 11 is 1.43. The Labute approximate surface area is 96.8 Å². The quantitative estimate of drug-likeness (QED) is 0.843. The average molecular weight is 258 g/mol. The third-order valence-electron chi connectivity index (χ3n) is 2.00. The van der Waals surface area contributed by atoms with Gasteiger partial charge in [0.25, 0.3) is 0 Å². The summed E-state index contributed by atoms with van der Waals surface area (Å²) in [6.45, 7) is 1.85. The van der Waals surface area contributed by atoms with Gasteiger partial charge in [0, 0.05) is 5.38 Å². The first-order valence-corrected chi connectivity index (χ1v) is 6.89. The van der Waals surface area contributed by atoms with Crippen molar-refractivity contribution in [1.29, 1.82) is 0 Å². The first kappa shape index (κ1) is 11.2. The van der Waals surface area contributed by atoms with Gasteiger partial charge in [0.1, 0.15) is 4.90 Å². The topological polar surface area (TPSA) is 87.7 Å². The minimum atomic E-state index is -3.50. The van der Waals surface area contributed by atoms with Crippen molar-refractivity contribution in [2.75, 3.05) is 0 Å². The van der Waals surface area contributed by atoms with Crippen LogP contribution in [0.3, 0.4) is 0 Å². The second-order valence-corrected chi connectivity index (χ2v) is 5.62. The number of aryl methyl sites for hydroxylation is 1. The smallest absolute Gasteiger partial charge is 0.244 e. The van der Waals surface area contributed by atoms with Crippen LogP contribution >= 0.6 is 11.3 Å². The molecular weight excluding hydrogens is 248 g/mol. The van der Waals surface area contributed by atoms with E-state index < -0.39 is 10.0 Å². The Morgan fingerprint density at radius 2 is 2.38 bits per heavy atom. The Morgan fingerprint density at radius 1 is 1.56 bits per heavy atom. The van der Waals surface area contributed by atoms with Gasteiger partial charge in [-0.25, -0.2) is 18.1 Å². The van der Waals surface area contributed by atoms with E-state index in [1.807, 2.05) is 0 Å². The minimum Gasteiger partial charge on any atom is -0.281 e. The Hall–Kier alpha value is -1.25. The van der Waals surface area contributed by atoms with E-state index in [9.17, 15) is 8.42 Å². The molecule has 0 aliphatic carbocycles. The summed E-state index contributed by atoms with van der Waals surface area (Å²) in [5, 5.41) is 8.06. The molecular formula is C8H10N4O2S2. The molecule has 16 heavy (non-hydrogen) atoms. The highest BCUT2D eigenvalue weighted by Gasteiger charge is 2.18. The summed E-state index contributed by atoms with van der Waals surface area (Å²) in [4.78, 5) is 4.16. The second-order valence-electron chi connectivity index (χ2n) is 3.16. The molecule has 2 heterocycles. The molecule has 0 bridgehead atoms. The van der Waals surface area contributed by atoms with Crippen LogP contribution in [0.25, 0.3) is 0 Å². The molecule has 0 aromatic carbocycles. The summed E-state index contributed by atoms with van der Waals surface area (Å²) in [5.74, 6) is 0. The second kappa shape index (κ2) is 4.32. The number of thiazole rings is 1. The van der Waals surface area contributed by atoms with Gasteiger partial charge in [0.05, 0.1) is 29.6 Å². The van der Waals surface area contributed by atoms with E-state index in [4.69, 9.17) is 0 Å². The lowest BCUT2D eigenvalue weighted by Gasteiger charge is -2.03. The van der Waals surface area contributed by atoms with Gasteiger partial charge in [-0.05, 0) is 6.92 Å². The zero-order valence-electron chi connectivity index (χ0n) is 8.47. The Bertz CT molecular complexity index is 559. The highest BCUT2D eigenvalue weighted by atomic mass is 32.2. The molecule has 0 amide bonds. The van der Waals surface area contributed by atoms with Crippen LogP contribution in [-0.4, -0.2) is 23.6 Å². The van der Waals surface area contributed by atoms with E-state index >= 15 is 0 Å². The molecule has 0 saturated heterocycles. The lowest BCUT2D eigenvalue weighted by atomic mass is 10.5. The van der Waals surface area contributed by atoms with Crippen LogP contribution in [0.15, 0.2) is 22.0 Å². The number of nitrogens with one attached hydrogen (secondary N) is 2. The monoisotopic (exact) mass is 258 g/mol. The number of sulfonamides is 1. The predicted octanol–water partition coefficient (Wildman–Crippen LogP) is 0.653. The van der Waals surface area contributed by atoms with Crippen LogP contribution in [0.2, 0.25) is 0 Å². The van der Waals surface area contributed by atoms with Crippen molar-refractivity contribution < 1.29 is 8.42 Å². The fourth-order valence-corrected chi connectivity index (χ4v) is 2.87. The fraction of sp³-hybridized carbons (Fsp3) is 0.250. The molecule has 0 fully saturated rings. The summed E-state index contributed by atoms with van der Waals surface area (Å²) in [6.07, 6.45) is 1.29. The standard InChI is InChI=1S/C8H10N4O2S2/c1-6-8(3-10-12-6)16(13,14)11-2-7-4-15-5-9-7/h3-5,11H,2H2,1H3,(H,10,12). The van der Waals surface area contributed by atoms with Gasteiger partial charge >= 0.3 is 0 Å². The van der Waals surface area contributed by atoms with Crippen molar-refractivity contribution in [1.82, 2.24) is 19.9 Å². The van der Waals surface area contributed by atoms with Gasteiger partial charge in [-0.2, -0.15) is 5.10 Å². The number of rotatable bonds is 4. The van der Waals surface area contributed by atoms with E-state index in [1.54, 1.807) is 17.8 Å². The summed E-state index contributed by atoms with van der Waals surface area (Å²) in [5.41, 5.74) is 2.88. The SMILES string of the molecule is Cc1[nH]ncc1S(=O)(=O)NCc1cscn1. The van der Waals surface area contributed by atoms with E-state index in [-0.39, 0.29) is 11.4 Å². The zero-order valence-corrected chi connectivity index (χ0v) is 10.1. The molecule has 2 N–H and O–H groups in total. The maximum absolute atomic E-state index is 11.8. The van der Waals surface area contributed by atoms with Gasteiger partial charge < -0.3 is 0 Å². The van der Waals surface area contributed by atoms with Crippen LogP contribution in [0, 0.1) is 6.92 Å². The summed E-state index contributed by atoms with van der Waals surface area (Å²) in [6, 6.07) is 0. The van der Waals surface area contributed by atoms with Gasteiger partial charge in [0.15, 0.2) is 0 Å². The maximum atomic E-state index is 11.8. The number of aromatic amines is 1. The van der Waals surface area contributed by atoms with Gasteiger partial charge in [-0.3, -0.25) is 5.10 Å². The average Bonchev–Trinajstić information content (AvgIpc) is 2.85. The molecule has 0 radical (unpaired) electrons. The molecule has 2 aromatic rings. The molecule has 0 atom stereocenters. The number of hydrogen-bond donors (Lipinski definition) is 2. The molecule has 0 spiro atoms. The lowest BCUT2D eigenvalue weighted by molar-refractivity contribution is 0.580. The first-order valence-electron chi connectivity index (χ1n) is 4.46. The van der Waals surface area contributed by atoms with Gasteiger partial charge in [0.2, 0.25) is 10.0 Å². The van der Waals surface area contributed by atoms with E-state index in [0.29, 0.717) is 11.4 Å². The van der Waals surface area contributed by atoms with Crippen LogP contribution in [-0.2, 0) is 16.6 Å². The van der Waals surface area contributed by atoms with Crippen LogP contribution in [0.4, 0.5) is 0 Å². The normalized spacial score (nSPS) is 11.8. The molecule has 0 aliphatic rings. The summed E-state index contributed by atoms with van der Waals surface area (Å²) < 4.78 is 26.1. The predicted molar refractivity (Wildman–Crippen MR) is 59.5 cm³/mol. The minimum absolute atomic E-state index is 0.169. The molecule has 86 valence electrons. The largest absolute Gasteiger partial charge is 0.281 e. The number of H-pyrrole nitrogens is 1. The zero-order chi connectivity index (χ0) is 11.6. The van der Waals surface area contributed by atoms with E-state index in [2.05, 4.69) is 19.9 Å². The first-order chi connectivity index (χ1) is 7.59. The summed E-state index contributed by atoms with van der Waals surface area (Å²) in [7, 11) is -3.50. The third-order valence-corrected chi connectivity index (χ3v) is 4.15. The molecule has 0 unspecified atom stereocenters. The molecule has 2 aromatic heterocycles. The van der Waals surface area contributed by atoms with Crippen molar-refractivity contribution in [2.24, 2.45) is 0 Å². The van der Waals surface area contributed by atoms with Gasteiger partial charge in [-0.15, -0.1) is 11.3 Å². The fourth-order valence-electron chi connectivity index (χ4n) is 1.18. The van der Waals surface area contributed by atoms with Crippen molar-refractivity contribution in [3.05, 3.63) is 28.5 Å². The van der Waals surface area contributed by atoms with Crippen molar-refractivity contribution in [3.63, 3.8) is 0 Å². The van der Waals surface area contributed by atoms with Crippen LogP contribution < -0.4 is 4.72 Å². The Balaban J connectivity index is 2.13. The molecule has 0 aliphatic heterocycles. The van der Waals surface area contributed by atoms with E-state index in [0.717, 1.165) is 0 Å². The van der Waals surface area contributed by atoms with Crippen molar-refractivity contribution in [2.45, 2.75) is 18.4 Å². The van der Waals surface area contributed by atoms with Crippen molar-refractivity contribution >= 4 is 21.4 Å². The molecule has 6 nitrogen and oxygen atoms in total. The maximum Gasteiger partial charge on any atom is 0.244 e. The van der Waals surface area contributed by atoms with Crippen molar-refractivity contribution in [3.8, 4) is 0 Å². The number of hydrogen-bond acceptors (Lipinski definition) is 5. The Kier molecular flexibility index (Phi) is 3.03. The Morgan fingerprint density at radius 3 is 2.94 bits per heavy atom. The highest BCUT2D eigenvalue weighted by Crippen LogP contribution is 2.11. The molecule has 0 saturated carbocycles. The molecule has 2 rings (SSSR count). The highest BCUT2D eigenvalue weighted by molar-refractivity contribution is 7.89.